The minimum absolute atomic E-state index is 0.0675. The van der Waals surface area contributed by atoms with Crippen molar-refractivity contribution in [1.29, 1.82) is 0 Å². The van der Waals surface area contributed by atoms with Crippen molar-refractivity contribution in [2.45, 2.75) is 13.8 Å². The summed E-state index contributed by atoms with van der Waals surface area (Å²) in [6.07, 6.45) is -0.360. The Kier molecular flexibility index (Phi) is 6.88. The normalized spacial score (nSPS) is 14.6. The van der Waals surface area contributed by atoms with Gasteiger partial charge < -0.3 is 24.7 Å². The number of aromatic nitrogens is 1. The summed E-state index contributed by atoms with van der Waals surface area (Å²) in [5, 5.41) is 3.10. The van der Waals surface area contributed by atoms with Gasteiger partial charge in [0, 0.05) is 37.1 Å². The van der Waals surface area contributed by atoms with E-state index < -0.39 is 11.8 Å². The van der Waals surface area contributed by atoms with Crippen molar-refractivity contribution in [3.05, 3.63) is 29.7 Å². The minimum Gasteiger partial charge on any atom is -0.461 e. The highest BCUT2D eigenvalue weighted by Gasteiger charge is 2.25. The molecule has 0 unspecified atom stereocenters. The molecule has 1 aliphatic heterocycles. The van der Waals surface area contributed by atoms with Gasteiger partial charge in [0.15, 0.2) is 0 Å². The van der Waals surface area contributed by atoms with Crippen molar-refractivity contribution < 1.29 is 28.2 Å². The molecule has 3 rings (SSSR count). The number of amides is 2. The molecule has 9 nitrogen and oxygen atoms in total. The van der Waals surface area contributed by atoms with Gasteiger partial charge in [-0.25, -0.2) is 14.0 Å². The van der Waals surface area contributed by atoms with Crippen LogP contribution in [-0.2, 0) is 14.3 Å². The molecule has 30 heavy (non-hydrogen) atoms. The van der Waals surface area contributed by atoms with Gasteiger partial charge in [0.1, 0.15) is 11.5 Å². The third kappa shape index (κ3) is 4.88. The Morgan fingerprint density at radius 3 is 2.47 bits per heavy atom. The van der Waals surface area contributed by atoms with Crippen molar-refractivity contribution in [2.24, 2.45) is 0 Å². The summed E-state index contributed by atoms with van der Waals surface area (Å²) < 4.78 is 23.8. The summed E-state index contributed by atoms with van der Waals surface area (Å²) in [7, 11) is 0. The van der Waals surface area contributed by atoms with Gasteiger partial charge in [0.05, 0.1) is 25.4 Å². The molecule has 1 fully saturated rings. The number of aromatic amines is 1. The average molecular weight is 420 g/mol. The highest BCUT2D eigenvalue weighted by molar-refractivity contribution is 6.11. The maximum absolute atomic E-state index is 13.7. The van der Waals surface area contributed by atoms with E-state index in [0.717, 1.165) is 0 Å². The van der Waals surface area contributed by atoms with Crippen LogP contribution in [0.3, 0.4) is 0 Å². The summed E-state index contributed by atoms with van der Waals surface area (Å²) in [5.74, 6) is -1.47. The molecule has 2 heterocycles. The maximum Gasteiger partial charge on any atom is 0.409 e. The third-order valence-corrected chi connectivity index (χ3v) is 4.77. The van der Waals surface area contributed by atoms with Crippen LogP contribution in [0.4, 0.5) is 14.9 Å². The molecule has 0 aliphatic carbocycles. The number of benzene rings is 1. The molecule has 2 aromatic rings. The van der Waals surface area contributed by atoms with E-state index in [-0.39, 0.29) is 36.5 Å². The number of hydrogen-bond acceptors (Lipinski definition) is 6. The number of rotatable bonds is 6. The van der Waals surface area contributed by atoms with E-state index in [9.17, 15) is 18.8 Å². The fourth-order valence-corrected chi connectivity index (χ4v) is 3.34. The van der Waals surface area contributed by atoms with E-state index in [1.807, 2.05) is 4.90 Å². The fraction of sp³-hybridized carbons (Fsp3) is 0.450. The smallest absolute Gasteiger partial charge is 0.409 e. The summed E-state index contributed by atoms with van der Waals surface area (Å²) in [5.41, 5.74) is 0.772. The Labute approximate surface area is 173 Å². The summed E-state index contributed by atoms with van der Waals surface area (Å²) >= 11 is 0. The van der Waals surface area contributed by atoms with Crippen molar-refractivity contribution in [3.8, 4) is 0 Å². The lowest BCUT2D eigenvalue weighted by Crippen LogP contribution is -2.50. The van der Waals surface area contributed by atoms with Crippen LogP contribution >= 0.6 is 0 Å². The van der Waals surface area contributed by atoms with Crippen molar-refractivity contribution >= 4 is 34.6 Å². The fourth-order valence-electron chi connectivity index (χ4n) is 3.34. The standard InChI is InChI=1S/C20H25FN4O5/c1-3-29-19(27)18-17(14-11-13(21)5-6-15(14)22-18)23-16(26)12-24-7-9-25(10-8-24)20(28)30-4-2/h5-6,11,22H,3-4,7-10,12H2,1-2H3,(H,23,26). The molecule has 1 aromatic carbocycles. The zero-order valence-corrected chi connectivity index (χ0v) is 17.0. The van der Waals surface area contributed by atoms with Gasteiger partial charge in [-0.2, -0.15) is 0 Å². The number of piperazine rings is 1. The number of H-pyrrole nitrogens is 1. The van der Waals surface area contributed by atoms with Gasteiger partial charge in [0.2, 0.25) is 5.91 Å². The Bertz CT molecular complexity index is 937. The largest absolute Gasteiger partial charge is 0.461 e. The van der Waals surface area contributed by atoms with Crippen molar-refractivity contribution in [2.75, 3.05) is 51.3 Å². The van der Waals surface area contributed by atoms with Gasteiger partial charge in [-0.15, -0.1) is 0 Å². The number of esters is 1. The van der Waals surface area contributed by atoms with Gasteiger partial charge in [-0.1, -0.05) is 0 Å². The van der Waals surface area contributed by atoms with Crippen LogP contribution in [0.5, 0.6) is 0 Å². The predicted molar refractivity (Wildman–Crippen MR) is 108 cm³/mol. The lowest BCUT2D eigenvalue weighted by Gasteiger charge is -2.33. The molecule has 0 radical (unpaired) electrons. The first-order valence-electron chi connectivity index (χ1n) is 9.85. The maximum atomic E-state index is 13.7. The monoisotopic (exact) mass is 420 g/mol. The number of hydrogen-bond donors (Lipinski definition) is 2. The van der Waals surface area contributed by atoms with Crippen LogP contribution in [-0.4, -0.2) is 78.7 Å². The van der Waals surface area contributed by atoms with Crippen LogP contribution in [0.25, 0.3) is 10.9 Å². The molecule has 10 heteroatoms. The van der Waals surface area contributed by atoms with Gasteiger partial charge >= 0.3 is 12.1 Å². The van der Waals surface area contributed by atoms with Crippen LogP contribution < -0.4 is 5.32 Å². The molecule has 2 amide bonds. The van der Waals surface area contributed by atoms with E-state index in [1.165, 1.54) is 18.2 Å². The first kappa shape index (κ1) is 21.6. The number of nitrogens with one attached hydrogen (secondary N) is 2. The van der Waals surface area contributed by atoms with Crippen LogP contribution in [0.15, 0.2) is 18.2 Å². The second-order valence-corrected chi connectivity index (χ2v) is 6.80. The number of anilines is 1. The molecular weight excluding hydrogens is 395 g/mol. The molecule has 2 N–H and O–H groups in total. The van der Waals surface area contributed by atoms with Crippen molar-refractivity contribution in [3.63, 3.8) is 0 Å². The topological polar surface area (TPSA) is 104 Å². The van der Waals surface area contributed by atoms with Gasteiger partial charge in [-0.05, 0) is 32.0 Å². The predicted octanol–water partition coefficient (Wildman–Crippen LogP) is 2.20. The number of ether oxygens (including phenoxy) is 2. The number of carbonyl (C=O) groups is 3. The molecule has 0 saturated carbocycles. The van der Waals surface area contributed by atoms with Crippen LogP contribution in [0, 0.1) is 5.82 Å². The van der Waals surface area contributed by atoms with E-state index in [2.05, 4.69) is 10.3 Å². The second kappa shape index (κ2) is 9.57. The van der Waals surface area contributed by atoms with Crippen LogP contribution in [0.2, 0.25) is 0 Å². The summed E-state index contributed by atoms with van der Waals surface area (Å²) in [4.78, 5) is 43.1. The number of carbonyl (C=O) groups excluding carboxylic acids is 3. The number of nitrogens with zero attached hydrogens (tertiary/aromatic N) is 2. The molecule has 1 saturated heterocycles. The molecule has 162 valence electrons. The number of fused-ring (bicyclic) bond motifs is 1. The highest BCUT2D eigenvalue weighted by atomic mass is 19.1. The first-order valence-corrected chi connectivity index (χ1v) is 9.85. The Morgan fingerprint density at radius 1 is 1.10 bits per heavy atom. The first-order chi connectivity index (χ1) is 14.4. The van der Waals surface area contributed by atoms with Gasteiger partial charge in [-0.3, -0.25) is 9.69 Å². The molecule has 0 atom stereocenters. The molecular formula is C20H25FN4O5. The zero-order valence-electron chi connectivity index (χ0n) is 17.0. The SMILES string of the molecule is CCOC(=O)c1[nH]c2ccc(F)cc2c1NC(=O)CN1CCN(C(=O)OCC)CC1. The zero-order chi connectivity index (χ0) is 21.7. The summed E-state index contributed by atoms with van der Waals surface area (Å²) in [6, 6.07) is 4.02. The molecule has 1 aliphatic rings. The Balaban J connectivity index is 1.69. The summed E-state index contributed by atoms with van der Waals surface area (Å²) in [6.45, 7) is 5.92. The van der Waals surface area contributed by atoms with Crippen molar-refractivity contribution in [1.82, 2.24) is 14.8 Å². The lowest BCUT2D eigenvalue weighted by molar-refractivity contribution is -0.117. The third-order valence-electron chi connectivity index (χ3n) is 4.77. The Hall–Kier alpha value is -3.14. The lowest BCUT2D eigenvalue weighted by atomic mass is 10.2. The average Bonchev–Trinajstić information content (AvgIpc) is 3.06. The minimum atomic E-state index is -0.632. The Morgan fingerprint density at radius 2 is 1.80 bits per heavy atom. The van der Waals surface area contributed by atoms with Gasteiger partial charge in [0.25, 0.3) is 0 Å². The van der Waals surface area contributed by atoms with E-state index in [0.29, 0.717) is 43.7 Å². The van der Waals surface area contributed by atoms with Crippen LogP contribution in [0.1, 0.15) is 24.3 Å². The van der Waals surface area contributed by atoms with E-state index >= 15 is 0 Å². The molecule has 0 bridgehead atoms. The number of halogens is 1. The highest BCUT2D eigenvalue weighted by Crippen LogP contribution is 2.29. The molecule has 1 aromatic heterocycles. The second-order valence-electron chi connectivity index (χ2n) is 6.80. The quantitative estimate of drug-likeness (QED) is 0.695. The molecule has 0 spiro atoms. The van der Waals surface area contributed by atoms with E-state index in [4.69, 9.17) is 9.47 Å². The van der Waals surface area contributed by atoms with E-state index in [1.54, 1.807) is 18.7 Å².